The molecule has 13 nitrogen and oxygen atoms in total. The van der Waals surface area contributed by atoms with Crippen molar-refractivity contribution < 1.29 is 18.9 Å². The molecule has 3 heterocycles. The Morgan fingerprint density at radius 2 is 2.00 bits per heavy atom. The predicted molar refractivity (Wildman–Crippen MR) is 179 cm³/mol. The molecule has 238 valence electrons. The Labute approximate surface area is 279 Å². The summed E-state index contributed by atoms with van der Waals surface area (Å²) < 4.78 is 6.17. The second kappa shape index (κ2) is 14.3. The molecule has 0 radical (unpaired) electrons. The first-order valence-electron chi connectivity index (χ1n) is 14.2. The van der Waals surface area contributed by atoms with E-state index in [-0.39, 0.29) is 23.8 Å². The van der Waals surface area contributed by atoms with Crippen molar-refractivity contribution in [3.63, 3.8) is 0 Å². The Morgan fingerprint density at radius 3 is 2.74 bits per heavy atom. The van der Waals surface area contributed by atoms with Crippen LogP contribution in [-0.4, -0.2) is 63.2 Å². The molecule has 0 saturated carbocycles. The van der Waals surface area contributed by atoms with E-state index in [1.54, 1.807) is 36.4 Å². The fraction of sp³-hybridized carbons (Fsp3) is 0.188. The maximum Gasteiger partial charge on any atom is 0.369 e. The van der Waals surface area contributed by atoms with Gasteiger partial charge in [-0.25, -0.2) is 15.0 Å². The van der Waals surface area contributed by atoms with Crippen LogP contribution in [0.1, 0.15) is 12.0 Å². The average Bonchev–Trinajstić information content (AvgIpc) is 3.43. The number of benzene rings is 2. The number of rotatable bonds is 12. The molecule has 0 atom stereocenters. The lowest BCUT2D eigenvalue weighted by Gasteiger charge is -2.28. The van der Waals surface area contributed by atoms with Gasteiger partial charge in [-0.3, -0.25) is 4.79 Å². The van der Waals surface area contributed by atoms with Crippen LogP contribution in [0.4, 0.5) is 17.3 Å². The van der Waals surface area contributed by atoms with Gasteiger partial charge in [0.05, 0.1) is 49.4 Å². The van der Waals surface area contributed by atoms with Crippen LogP contribution in [0.3, 0.4) is 0 Å². The van der Waals surface area contributed by atoms with Crippen LogP contribution in [0.15, 0.2) is 89.6 Å². The summed E-state index contributed by atoms with van der Waals surface area (Å²) in [4.78, 5) is 40.3. The zero-order valence-corrected chi connectivity index (χ0v) is 26.8. The largest absolute Gasteiger partial charge is 0.487 e. The number of amides is 1. The second-order valence-electron chi connectivity index (χ2n) is 11.2. The highest BCUT2D eigenvalue weighted by Gasteiger charge is 2.33. The van der Waals surface area contributed by atoms with E-state index in [4.69, 9.17) is 33.2 Å². The van der Waals surface area contributed by atoms with Crippen molar-refractivity contribution >= 4 is 63.0 Å². The van der Waals surface area contributed by atoms with Crippen molar-refractivity contribution in [2.24, 2.45) is 4.99 Å². The molecular formula is C32H28Cl2N9O4+. The average molecular weight is 674 g/mol. The zero-order chi connectivity index (χ0) is 33.6. The lowest BCUT2D eigenvalue weighted by molar-refractivity contribution is -0.880. The summed E-state index contributed by atoms with van der Waals surface area (Å²) >= 11 is 12.6. The third-order valence-corrected chi connectivity index (χ3v) is 7.51. The number of nitro groups is 1. The van der Waals surface area contributed by atoms with Gasteiger partial charge < -0.3 is 30.0 Å². The molecule has 0 spiro atoms. The van der Waals surface area contributed by atoms with E-state index in [2.05, 4.69) is 30.6 Å². The van der Waals surface area contributed by atoms with Gasteiger partial charge >= 0.3 is 5.82 Å². The molecule has 47 heavy (non-hydrogen) atoms. The van der Waals surface area contributed by atoms with Gasteiger partial charge in [-0.05, 0) is 58.0 Å². The molecule has 2 N–H and O–H groups in total. The number of nitrogens with one attached hydrogen (secondary N) is 2. The third-order valence-electron chi connectivity index (χ3n) is 6.98. The molecule has 2 aromatic carbocycles. The van der Waals surface area contributed by atoms with E-state index < -0.39 is 10.8 Å². The number of nitriles is 1. The number of carbonyl (C=O) groups is 1. The van der Waals surface area contributed by atoms with E-state index in [0.29, 0.717) is 68.0 Å². The Kier molecular flexibility index (Phi) is 10.1. The summed E-state index contributed by atoms with van der Waals surface area (Å²) in [5, 5.41) is 28.1. The van der Waals surface area contributed by atoms with Crippen molar-refractivity contribution in [1.82, 2.24) is 15.0 Å². The minimum absolute atomic E-state index is 0.116. The number of quaternary nitrogens is 1. The summed E-state index contributed by atoms with van der Waals surface area (Å²) in [5.74, 6) is 0.575. The van der Waals surface area contributed by atoms with E-state index in [1.807, 2.05) is 38.4 Å². The van der Waals surface area contributed by atoms with Crippen molar-refractivity contribution in [1.29, 1.82) is 5.26 Å². The molecule has 0 fully saturated rings. The maximum atomic E-state index is 12.7. The van der Waals surface area contributed by atoms with E-state index in [0.717, 1.165) is 5.56 Å². The van der Waals surface area contributed by atoms with Crippen molar-refractivity contribution in [2.75, 3.05) is 37.8 Å². The van der Waals surface area contributed by atoms with Crippen molar-refractivity contribution in [3.05, 3.63) is 110 Å². The number of aromatic nitrogens is 3. The summed E-state index contributed by atoms with van der Waals surface area (Å²) in [7, 11) is 3.73. The van der Waals surface area contributed by atoms with Gasteiger partial charge in [-0.1, -0.05) is 35.3 Å². The molecule has 1 amide bonds. The molecule has 15 heteroatoms. The number of ether oxygens (including phenoxy) is 1. The van der Waals surface area contributed by atoms with Gasteiger partial charge in [0.1, 0.15) is 42.9 Å². The SMILES string of the molecule is C[N+](C)(C/C=C/C(=O)Nc1cc2c(Nc3ccc(OCc4cccc(Cl)c4)c(Cl)c3)ncnc2cn1)CC1=C([N+](=O)[O-])N=C(C#N)C1. The van der Waals surface area contributed by atoms with Gasteiger partial charge in [0.15, 0.2) is 0 Å². The summed E-state index contributed by atoms with van der Waals surface area (Å²) in [6, 6.07) is 16.2. The quantitative estimate of drug-likeness (QED) is 0.0783. The lowest BCUT2D eigenvalue weighted by atomic mass is 10.1. The molecule has 0 saturated heterocycles. The molecule has 1 aliphatic rings. The van der Waals surface area contributed by atoms with Gasteiger partial charge in [0.2, 0.25) is 11.6 Å². The van der Waals surface area contributed by atoms with Crippen LogP contribution >= 0.6 is 23.2 Å². The first kappa shape index (κ1) is 33.0. The minimum Gasteiger partial charge on any atom is -0.487 e. The standard InChI is InChI=1S/C32H27Cl2N9O4/c1-43(2,17-21-12-24(15-35)40-32(21)42(45)46)10-4-7-30(44)41-29-14-25-27(16-36-29)37-19-38-31(25)39-23-8-9-28(26(34)13-23)47-18-20-5-3-6-22(33)11-20/h3-9,11,13-14,16,19H,10,12,17-18H2,1-2H3,(H-,36,37,38,39,41,44)/p+1/b7-4+. The van der Waals surface area contributed by atoms with Crippen LogP contribution in [0.5, 0.6) is 5.75 Å². The zero-order valence-electron chi connectivity index (χ0n) is 25.3. The summed E-state index contributed by atoms with van der Waals surface area (Å²) in [6.07, 6.45) is 6.12. The van der Waals surface area contributed by atoms with Crippen LogP contribution in [0.2, 0.25) is 10.0 Å². The number of likely N-dealkylation sites (N-methyl/N-ethyl adjacent to an activating group) is 1. The van der Waals surface area contributed by atoms with Crippen molar-refractivity contribution in [3.8, 4) is 11.8 Å². The normalized spacial score (nSPS) is 13.0. The van der Waals surface area contributed by atoms with Crippen LogP contribution < -0.4 is 15.4 Å². The van der Waals surface area contributed by atoms with E-state index >= 15 is 0 Å². The minimum atomic E-state index is -0.573. The number of hydrogen-bond acceptors (Lipinski definition) is 10. The highest BCUT2D eigenvalue weighted by atomic mass is 35.5. The highest BCUT2D eigenvalue weighted by Crippen LogP contribution is 2.31. The Balaban J connectivity index is 1.21. The molecule has 1 aliphatic heterocycles. The van der Waals surface area contributed by atoms with Crippen molar-refractivity contribution in [2.45, 2.75) is 13.0 Å². The third kappa shape index (κ3) is 8.65. The number of pyridine rings is 1. The topological polar surface area (TPSA) is 168 Å². The molecule has 2 aromatic heterocycles. The Bertz CT molecular complexity index is 2000. The number of aliphatic imine (C=N–C) groups is 1. The highest BCUT2D eigenvalue weighted by molar-refractivity contribution is 6.32. The number of hydrogen-bond donors (Lipinski definition) is 2. The molecule has 0 unspecified atom stereocenters. The molecule has 0 aliphatic carbocycles. The van der Waals surface area contributed by atoms with Gasteiger partial charge in [0.25, 0.3) is 0 Å². The number of halogens is 2. The summed E-state index contributed by atoms with van der Waals surface area (Å²) in [6.45, 7) is 0.993. The Morgan fingerprint density at radius 1 is 1.17 bits per heavy atom. The number of carbonyl (C=O) groups excluding carboxylic acids is 1. The summed E-state index contributed by atoms with van der Waals surface area (Å²) in [5.41, 5.74) is 2.72. The molecular weight excluding hydrogens is 645 g/mol. The second-order valence-corrected chi connectivity index (χ2v) is 12.0. The molecule has 0 bridgehead atoms. The van der Waals surface area contributed by atoms with Gasteiger partial charge in [0, 0.05) is 22.2 Å². The Hall–Kier alpha value is -5.42. The smallest absolute Gasteiger partial charge is 0.369 e. The fourth-order valence-electron chi connectivity index (χ4n) is 4.83. The fourth-order valence-corrected chi connectivity index (χ4v) is 5.28. The number of fused-ring (bicyclic) bond motifs is 1. The van der Waals surface area contributed by atoms with Crippen LogP contribution in [0, 0.1) is 21.4 Å². The van der Waals surface area contributed by atoms with Gasteiger partial charge in [-0.15, -0.1) is 0 Å². The predicted octanol–water partition coefficient (Wildman–Crippen LogP) is 6.08. The number of anilines is 3. The lowest BCUT2D eigenvalue weighted by Crippen LogP contribution is -2.41. The first-order chi connectivity index (χ1) is 22.5. The molecule has 4 aromatic rings. The van der Waals surface area contributed by atoms with E-state index in [9.17, 15) is 14.9 Å². The monoisotopic (exact) mass is 672 g/mol. The maximum absolute atomic E-state index is 12.7. The van der Waals surface area contributed by atoms with Gasteiger partial charge in [-0.2, -0.15) is 5.26 Å². The van der Waals surface area contributed by atoms with Crippen LogP contribution in [-0.2, 0) is 11.4 Å². The molecule has 5 rings (SSSR count). The number of nitrogens with zero attached hydrogens (tertiary/aromatic N) is 7. The van der Waals surface area contributed by atoms with E-state index in [1.165, 1.54) is 18.6 Å². The van der Waals surface area contributed by atoms with Crippen LogP contribution in [0.25, 0.3) is 10.9 Å². The first-order valence-corrected chi connectivity index (χ1v) is 14.9.